The van der Waals surface area contributed by atoms with Gasteiger partial charge in [0.05, 0.1) is 18.9 Å². The number of hydrogen-bond acceptors (Lipinski definition) is 5. The molecule has 2 heterocycles. The summed E-state index contributed by atoms with van der Waals surface area (Å²) in [7, 11) is 1.92. The minimum atomic E-state index is -0.0596. The molecule has 1 aromatic heterocycles. The predicted molar refractivity (Wildman–Crippen MR) is 76.7 cm³/mol. The highest BCUT2D eigenvalue weighted by Gasteiger charge is 2.22. The molecule has 6 heteroatoms. The second kappa shape index (κ2) is 5.54. The zero-order valence-electron chi connectivity index (χ0n) is 11.0. The van der Waals surface area contributed by atoms with Gasteiger partial charge in [-0.15, -0.1) is 0 Å². The summed E-state index contributed by atoms with van der Waals surface area (Å²) >= 11 is 5.84. The molecule has 0 fully saturated rings. The van der Waals surface area contributed by atoms with Gasteiger partial charge in [0.15, 0.2) is 17.6 Å². The van der Waals surface area contributed by atoms with Crippen LogP contribution in [0.15, 0.2) is 36.7 Å². The first-order chi connectivity index (χ1) is 9.72. The molecule has 0 bridgehead atoms. The van der Waals surface area contributed by atoms with Crippen LogP contribution in [0.5, 0.6) is 11.5 Å². The Kier molecular flexibility index (Phi) is 3.60. The van der Waals surface area contributed by atoms with Crippen molar-refractivity contribution in [2.75, 3.05) is 25.1 Å². The van der Waals surface area contributed by atoms with Crippen LogP contribution in [0.1, 0.15) is 0 Å². The molecule has 0 saturated heterocycles. The van der Waals surface area contributed by atoms with Crippen LogP contribution >= 0.6 is 11.6 Å². The Labute approximate surface area is 122 Å². The smallest absolute Gasteiger partial charge is 0.161 e. The summed E-state index contributed by atoms with van der Waals surface area (Å²) in [6.07, 6.45) is 3.12. The number of fused-ring (bicyclic) bond motifs is 1. The molecule has 0 amide bonds. The predicted octanol–water partition coefficient (Wildman–Crippen LogP) is 2.41. The van der Waals surface area contributed by atoms with Crippen molar-refractivity contribution in [3.8, 4) is 11.5 Å². The maximum atomic E-state index is 5.91. The zero-order valence-corrected chi connectivity index (χ0v) is 11.7. The van der Waals surface area contributed by atoms with Gasteiger partial charge >= 0.3 is 0 Å². The second-order valence-corrected chi connectivity index (χ2v) is 4.97. The number of halogens is 1. The lowest BCUT2D eigenvalue weighted by molar-refractivity contribution is 0.0959. The summed E-state index contributed by atoms with van der Waals surface area (Å²) in [5.41, 5.74) is 0. The van der Waals surface area contributed by atoms with E-state index in [9.17, 15) is 0 Å². The number of likely N-dealkylation sites (N-methyl/N-ethyl adjacent to an activating group) is 1. The van der Waals surface area contributed by atoms with Gasteiger partial charge in [-0.1, -0.05) is 23.7 Å². The first-order valence-electron chi connectivity index (χ1n) is 6.29. The molecule has 0 radical (unpaired) electrons. The lowest BCUT2D eigenvalue weighted by atomic mass is 10.2. The molecule has 1 aliphatic heterocycles. The molecule has 5 nitrogen and oxygen atoms in total. The summed E-state index contributed by atoms with van der Waals surface area (Å²) in [4.78, 5) is 10.2. The third-order valence-electron chi connectivity index (χ3n) is 3.03. The number of aromatic nitrogens is 2. The number of hydrogen-bond donors (Lipinski definition) is 0. The van der Waals surface area contributed by atoms with Crippen LogP contribution in [0.3, 0.4) is 0 Å². The molecule has 0 spiro atoms. The minimum absolute atomic E-state index is 0.0596. The zero-order chi connectivity index (χ0) is 13.9. The molecule has 20 heavy (non-hydrogen) atoms. The van der Waals surface area contributed by atoms with Gasteiger partial charge in [-0.25, -0.2) is 4.98 Å². The van der Waals surface area contributed by atoms with E-state index in [1.165, 1.54) is 6.20 Å². The summed E-state index contributed by atoms with van der Waals surface area (Å²) < 4.78 is 11.6. The Morgan fingerprint density at radius 2 is 2.10 bits per heavy atom. The van der Waals surface area contributed by atoms with Crippen LogP contribution < -0.4 is 14.4 Å². The van der Waals surface area contributed by atoms with E-state index in [1.54, 1.807) is 6.20 Å². The molecule has 0 N–H and O–H groups in total. The second-order valence-electron chi connectivity index (χ2n) is 4.58. The molecular weight excluding hydrogens is 278 g/mol. The van der Waals surface area contributed by atoms with E-state index in [0.29, 0.717) is 24.1 Å². The highest BCUT2D eigenvalue weighted by molar-refractivity contribution is 6.29. The Bertz CT molecular complexity index is 608. The van der Waals surface area contributed by atoms with Crippen molar-refractivity contribution in [1.82, 2.24) is 9.97 Å². The van der Waals surface area contributed by atoms with Crippen molar-refractivity contribution in [2.24, 2.45) is 0 Å². The Balaban J connectivity index is 1.67. The van der Waals surface area contributed by atoms with E-state index >= 15 is 0 Å². The first kappa shape index (κ1) is 13.0. The van der Waals surface area contributed by atoms with Gasteiger partial charge in [0, 0.05) is 7.05 Å². The van der Waals surface area contributed by atoms with Crippen LogP contribution in [0.2, 0.25) is 5.15 Å². The number of anilines is 1. The van der Waals surface area contributed by atoms with Crippen molar-refractivity contribution < 1.29 is 9.47 Å². The average Bonchev–Trinajstić information content (AvgIpc) is 2.47. The number of benzene rings is 1. The molecule has 1 aliphatic rings. The van der Waals surface area contributed by atoms with Gasteiger partial charge in [0.25, 0.3) is 0 Å². The van der Waals surface area contributed by atoms with E-state index in [2.05, 4.69) is 9.97 Å². The van der Waals surface area contributed by atoms with Crippen LogP contribution in [0.4, 0.5) is 5.82 Å². The molecular formula is C14H14ClN3O2. The Hall–Kier alpha value is -2.01. The fourth-order valence-electron chi connectivity index (χ4n) is 2.07. The molecule has 0 unspecified atom stereocenters. The third kappa shape index (κ3) is 2.77. The van der Waals surface area contributed by atoms with Crippen molar-refractivity contribution in [3.63, 3.8) is 0 Å². The monoisotopic (exact) mass is 291 g/mol. The average molecular weight is 292 g/mol. The van der Waals surface area contributed by atoms with E-state index in [4.69, 9.17) is 21.1 Å². The molecule has 0 saturated carbocycles. The fourth-order valence-corrected chi connectivity index (χ4v) is 2.21. The number of rotatable bonds is 3. The fraction of sp³-hybridized carbons (Fsp3) is 0.286. The summed E-state index contributed by atoms with van der Waals surface area (Å²) in [5.74, 6) is 2.27. The van der Waals surface area contributed by atoms with Gasteiger partial charge < -0.3 is 14.4 Å². The lowest BCUT2D eigenvalue weighted by Crippen LogP contribution is -2.39. The van der Waals surface area contributed by atoms with E-state index in [1.807, 2.05) is 36.2 Å². The molecule has 0 aliphatic carbocycles. The van der Waals surface area contributed by atoms with Crippen molar-refractivity contribution in [1.29, 1.82) is 0 Å². The van der Waals surface area contributed by atoms with Gasteiger partial charge in [0.2, 0.25) is 0 Å². The summed E-state index contributed by atoms with van der Waals surface area (Å²) in [5, 5.41) is 0.375. The van der Waals surface area contributed by atoms with E-state index in [-0.39, 0.29) is 6.10 Å². The number of para-hydroxylation sites is 2. The largest absolute Gasteiger partial charge is 0.486 e. The molecule has 104 valence electrons. The van der Waals surface area contributed by atoms with Gasteiger partial charge in [-0.05, 0) is 12.1 Å². The number of nitrogens with zero attached hydrogens (tertiary/aromatic N) is 3. The summed E-state index contributed by atoms with van der Waals surface area (Å²) in [6.45, 7) is 1.15. The van der Waals surface area contributed by atoms with E-state index < -0.39 is 0 Å². The molecule has 3 rings (SSSR count). The minimum Gasteiger partial charge on any atom is -0.486 e. The quantitative estimate of drug-likeness (QED) is 0.869. The van der Waals surface area contributed by atoms with Crippen molar-refractivity contribution >= 4 is 17.4 Å². The van der Waals surface area contributed by atoms with Crippen LogP contribution in [0.25, 0.3) is 0 Å². The Morgan fingerprint density at radius 1 is 1.30 bits per heavy atom. The van der Waals surface area contributed by atoms with Crippen LogP contribution in [-0.4, -0.2) is 36.3 Å². The highest BCUT2D eigenvalue weighted by Crippen LogP contribution is 2.31. The van der Waals surface area contributed by atoms with E-state index in [0.717, 1.165) is 11.5 Å². The molecule has 1 atom stereocenters. The maximum absolute atomic E-state index is 5.91. The highest BCUT2D eigenvalue weighted by atomic mass is 35.5. The van der Waals surface area contributed by atoms with Gasteiger partial charge in [0.1, 0.15) is 17.6 Å². The van der Waals surface area contributed by atoms with Crippen molar-refractivity contribution in [2.45, 2.75) is 6.10 Å². The lowest BCUT2D eigenvalue weighted by Gasteiger charge is -2.29. The topological polar surface area (TPSA) is 47.5 Å². The maximum Gasteiger partial charge on any atom is 0.161 e. The van der Waals surface area contributed by atoms with Gasteiger partial charge in [-0.2, -0.15) is 0 Å². The standard InChI is InChI=1S/C14H14ClN3O2/c1-18(14-7-16-6-13(15)17-14)8-10-9-19-11-4-2-3-5-12(11)20-10/h2-7,10H,8-9H2,1H3/t10-/m1/s1. The summed E-state index contributed by atoms with van der Waals surface area (Å²) in [6, 6.07) is 7.66. The van der Waals surface area contributed by atoms with Crippen LogP contribution in [-0.2, 0) is 0 Å². The van der Waals surface area contributed by atoms with Crippen molar-refractivity contribution in [3.05, 3.63) is 41.8 Å². The Morgan fingerprint density at radius 3 is 2.90 bits per heavy atom. The van der Waals surface area contributed by atoms with Crippen LogP contribution in [0, 0.1) is 0 Å². The third-order valence-corrected chi connectivity index (χ3v) is 3.21. The number of ether oxygens (including phenoxy) is 2. The first-order valence-corrected chi connectivity index (χ1v) is 6.67. The SMILES string of the molecule is CN(C[C@@H]1COc2ccccc2O1)c1cncc(Cl)n1. The normalized spacial score (nSPS) is 16.8. The molecule has 1 aromatic carbocycles. The van der Waals surface area contributed by atoms with Gasteiger partial charge in [-0.3, -0.25) is 4.98 Å². The molecule has 2 aromatic rings.